The van der Waals surface area contributed by atoms with Gasteiger partial charge < -0.3 is 10.4 Å². The van der Waals surface area contributed by atoms with E-state index in [-0.39, 0.29) is 0 Å². The first kappa shape index (κ1) is 9.66. The fraction of sp³-hybridized carbons (Fsp3) is 0.750. The van der Waals surface area contributed by atoms with Crippen molar-refractivity contribution >= 4 is 0 Å². The molecule has 0 aromatic rings. The number of aliphatic hydroxyl groups is 1. The largest absolute Gasteiger partial charge is 0.386 e. The lowest BCUT2D eigenvalue weighted by Crippen LogP contribution is -2.28. The van der Waals surface area contributed by atoms with Crippen LogP contribution in [0.2, 0.25) is 0 Å². The van der Waals surface area contributed by atoms with Gasteiger partial charge in [-0.3, -0.25) is 0 Å². The third kappa shape index (κ3) is 2.99. The third-order valence-corrected chi connectivity index (χ3v) is 1.80. The Morgan fingerprint density at radius 1 is 1.70 bits per heavy atom. The van der Waals surface area contributed by atoms with Gasteiger partial charge in [0, 0.05) is 0 Å². The van der Waals surface area contributed by atoms with Crippen LogP contribution in [0.4, 0.5) is 0 Å². The van der Waals surface area contributed by atoms with E-state index in [9.17, 15) is 5.11 Å². The van der Waals surface area contributed by atoms with Crippen LogP contribution in [0.5, 0.6) is 0 Å². The smallest absolute Gasteiger partial charge is 0.0834 e. The van der Waals surface area contributed by atoms with Crippen LogP contribution in [0.25, 0.3) is 0 Å². The van der Waals surface area contributed by atoms with Gasteiger partial charge in [-0.15, -0.1) is 6.58 Å². The zero-order chi connectivity index (χ0) is 8.04. The van der Waals surface area contributed by atoms with E-state index in [0.717, 1.165) is 19.4 Å². The fourth-order valence-electron chi connectivity index (χ4n) is 0.765. The lowest BCUT2D eigenvalue weighted by Gasteiger charge is -2.21. The minimum absolute atomic E-state index is 0.664. The Kier molecular flexibility index (Phi) is 4.32. The summed E-state index contributed by atoms with van der Waals surface area (Å²) in [6, 6.07) is 0. The van der Waals surface area contributed by atoms with E-state index in [1.165, 1.54) is 0 Å². The van der Waals surface area contributed by atoms with E-state index < -0.39 is 5.60 Å². The Bertz CT molecular complexity index is 103. The molecule has 0 fully saturated rings. The van der Waals surface area contributed by atoms with E-state index >= 15 is 0 Å². The van der Waals surface area contributed by atoms with Crippen molar-refractivity contribution in [2.45, 2.75) is 25.4 Å². The zero-order valence-electron chi connectivity index (χ0n) is 6.85. The highest BCUT2D eigenvalue weighted by Crippen LogP contribution is 2.14. The van der Waals surface area contributed by atoms with Gasteiger partial charge in [0.15, 0.2) is 0 Å². The Morgan fingerprint density at radius 3 is 2.60 bits per heavy atom. The molecule has 10 heavy (non-hydrogen) atoms. The average molecular weight is 143 g/mol. The van der Waals surface area contributed by atoms with Crippen molar-refractivity contribution in [1.29, 1.82) is 0 Å². The molecule has 2 heteroatoms. The van der Waals surface area contributed by atoms with Crippen molar-refractivity contribution in [2.75, 3.05) is 13.6 Å². The molecule has 60 valence electrons. The molecule has 0 rings (SSSR count). The molecule has 0 bridgehead atoms. The summed E-state index contributed by atoms with van der Waals surface area (Å²) in [7, 11) is 1.87. The number of nitrogens with one attached hydrogen (secondary N) is 1. The SMILES string of the molecule is C=CC(O)(CC)CCNC. The molecule has 0 saturated carbocycles. The minimum Gasteiger partial charge on any atom is -0.386 e. The molecule has 0 aromatic heterocycles. The summed E-state index contributed by atoms with van der Waals surface area (Å²) < 4.78 is 0. The first-order chi connectivity index (χ1) is 4.68. The molecule has 1 atom stereocenters. The zero-order valence-corrected chi connectivity index (χ0v) is 6.85. The molecule has 2 nitrogen and oxygen atoms in total. The third-order valence-electron chi connectivity index (χ3n) is 1.80. The standard InChI is InChI=1S/C8H17NO/c1-4-8(10,5-2)6-7-9-3/h4,9-10H,1,5-7H2,2-3H3. The number of hydrogen-bond acceptors (Lipinski definition) is 2. The van der Waals surface area contributed by atoms with Crippen LogP contribution < -0.4 is 5.32 Å². The quantitative estimate of drug-likeness (QED) is 0.561. The van der Waals surface area contributed by atoms with Crippen molar-refractivity contribution in [3.05, 3.63) is 12.7 Å². The predicted molar refractivity (Wildman–Crippen MR) is 44.0 cm³/mol. The minimum atomic E-state index is -0.664. The van der Waals surface area contributed by atoms with E-state index in [1.54, 1.807) is 6.08 Å². The van der Waals surface area contributed by atoms with E-state index in [0.29, 0.717) is 0 Å². The number of rotatable bonds is 5. The summed E-state index contributed by atoms with van der Waals surface area (Å²) in [5.74, 6) is 0. The van der Waals surface area contributed by atoms with E-state index in [2.05, 4.69) is 11.9 Å². The Hall–Kier alpha value is -0.340. The van der Waals surface area contributed by atoms with Crippen molar-refractivity contribution in [2.24, 2.45) is 0 Å². The van der Waals surface area contributed by atoms with Gasteiger partial charge in [-0.05, 0) is 26.4 Å². The maximum Gasteiger partial charge on any atom is 0.0834 e. The van der Waals surface area contributed by atoms with Gasteiger partial charge in [0.25, 0.3) is 0 Å². The van der Waals surface area contributed by atoms with Crippen molar-refractivity contribution < 1.29 is 5.11 Å². The lowest BCUT2D eigenvalue weighted by molar-refractivity contribution is 0.0785. The van der Waals surface area contributed by atoms with E-state index in [4.69, 9.17) is 0 Å². The average Bonchev–Trinajstić information content (AvgIpc) is 2.00. The summed E-state index contributed by atoms with van der Waals surface area (Å²) in [6.07, 6.45) is 3.09. The van der Waals surface area contributed by atoms with Gasteiger partial charge in [-0.1, -0.05) is 13.0 Å². The van der Waals surface area contributed by atoms with Crippen LogP contribution >= 0.6 is 0 Å². The highest BCUT2D eigenvalue weighted by Gasteiger charge is 2.18. The molecule has 0 amide bonds. The van der Waals surface area contributed by atoms with Crippen molar-refractivity contribution in [3.63, 3.8) is 0 Å². The Morgan fingerprint density at radius 2 is 2.30 bits per heavy atom. The van der Waals surface area contributed by atoms with Gasteiger partial charge in [0.05, 0.1) is 5.60 Å². The molecule has 0 spiro atoms. The topological polar surface area (TPSA) is 32.3 Å². The van der Waals surface area contributed by atoms with Crippen LogP contribution in [0, 0.1) is 0 Å². The molecule has 0 aliphatic rings. The van der Waals surface area contributed by atoms with Crippen LogP contribution in [0.15, 0.2) is 12.7 Å². The number of hydrogen-bond donors (Lipinski definition) is 2. The predicted octanol–water partition coefficient (Wildman–Crippen LogP) is 0.923. The van der Waals surface area contributed by atoms with Crippen molar-refractivity contribution in [3.8, 4) is 0 Å². The van der Waals surface area contributed by atoms with Crippen LogP contribution in [-0.2, 0) is 0 Å². The molecule has 0 heterocycles. The summed E-state index contributed by atoms with van der Waals surface area (Å²) in [4.78, 5) is 0. The molecule has 1 unspecified atom stereocenters. The molecule has 0 radical (unpaired) electrons. The van der Waals surface area contributed by atoms with Crippen LogP contribution in [0.1, 0.15) is 19.8 Å². The van der Waals surface area contributed by atoms with Crippen LogP contribution in [0.3, 0.4) is 0 Å². The first-order valence-corrected chi connectivity index (χ1v) is 3.69. The normalized spacial score (nSPS) is 16.3. The van der Waals surface area contributed by atoms with Gasteiger partial charge in [-0.2, -0.15) is 0 Å². The van der Waals surface area contributed by atoms with Gasteiger partial charge in [0.2, 0.25) is 0 Å². The summed E-state index contributed by atoms with van der Waals surface area (Å²) in [6.45, 7) is 6.36. The molecular formula is C8H17NO. The Balaban J connectivity index is 3.68. The van der Waals surface area contributed by atoms with E-state index in [1.807, 2.05) is 14.0 Å². The molecule has 2 N–H and O–H groups in total. The van der Waals surface area contributed by atoms with Gasteiger partial charge in [-0.25, -0.2) is 0 Å². The molecule has 0 aliphatic carbocycles. The monoisotopic (exact) mass is 143 g/mol. The summed E-state index contributed by atoms with van der Waals surface area (Å²) in [5.41, 5.74) is -0.664. The highest BCUT2D eigenvalue weighted by atomic mass is 16.3. The van der Waals surface area contributed by atoms with Crippen LogP contribution in [-0.4, -0.2) is 24.3 Å². The summed E-state index contributed by atoms with van der Waals surface area (Å²) >= 11 is 0. The molecule has 0 aromatic carbocycles. The summed E-state index contributed by atoms with van der Waals surface area (Å²) in [5, 5.41) is 12.6. The molecular weight excluding hydrogens is 126 g/mol. The van der Waals surface area contributed by atoms with Crippen molar-refractivity contribution in [1.82, 2.24) is 5.32 Å². The fourth-order valence-corrected chi connectivity index (χ4v) is 0.765. The second-order valence-electron chi connectivity index (χ2n) is 2.51. The first-order valence-electron chi connectivity index (χ1n) is 3.69. The second kappa shape index (κ2) is 4.47. The Labute approximate surface area is 62.9 Å². The van der Waals surface area contributed by atoms with Gasteiger partial charge >= 0.3 is 0 Å². The molecule has 0 saturated heterocycles. The highest BCUT2D eigenvalue weighted by molar-refractivity contribution is 4.94. The van der Waals surface area contributed by atoms with Gasteiger partial charge in [0.1, 0.15) is 0 Å². The second-order valence-corrected chi connectivity index (χ2v) is 2.51. The maximum atomic E-state index is 9.60. The molecule has 0 aliphatic heterocycles. The maximum absolute atomic E-state index is 9.60. The lowest BCUT2D eigenvalue weighted by atomic mass is 9.97.